The molecule has 16 N–H and O–H groups in total. The molecule has 31 heteroatoms. The number of aliphatic hydroxyl groups excluding tert-OH is 1. The lowest BCUT2D eigenvalue weighted by molar-refractivity contribution is -0.136. The van der Waals surface area contributed by atoms with Crippen LogP contribution >= 0.6 is 11.8 Å². The maximum Gasteiger partial charge on any atom is 0.315 e. The van der Waals surface area contributed by atoms with Crippen LogP contribution in [-0.4, -0.2) is 204 Å². The quantitative estimate of drug-likeness (QED) is 0.0161. The zero-order valence-corrected chi connectivity index (χ0v) is 52.1. The summed E-state index contributed by atoms with van der Waals surface area (Å²) in [6.07, 6.45) is 4.69. The van der Waals surface area contributed by atoms with E-state index in [0.717, 1.165) is 25.0 Å². The molecule has 1 aromatic heterocycles. The van der Waals surface area contributed by atoms with Crippen LogP contribution in [0.3, 0.4) is 0 Å². The number of ketones is 1. The van der Waals surface area contributed by atoms with Gasteiger partial charge in [0.25, 0.3) is 0 Å². The summed E-state index contributed by atoms with van der Waals surface area (Å²) in [6.45, 7) is 1.43. The molecule has 6 rings (SSSR count). The Labute approximate surface area is 532 Å². The summed E-state index contributed by atoms with van der Waals surface area (Å²) in [4.78, 5) is 139. The third-order valence-electron chi connectivity index (χ3n) is 15.3. The number of unbranched alkanes of at least 4 members (excludes halogenated alkanes) is 1. The number of hydrogen-bond donors (Lipinski definition) is 13. The number of urea groups is 1. The smallest absolute Gasteiger partial charge is 0.315 e. The van der Waals surface area contributed by atoms with Crippen LogP contribution in [0.1, 0.15) is 88.0 Å². The molecule has 0 saturated carbocycles. The number of aliphatic hydroxyl groups is 1. The SMILES string of the molecule is C[C@H]1NC(=O)[C@@H](Cc2ccccc2)CC(=O)[C@@H](CCCN=C(N)N)NC(=O)[C@@H](Cc2ccccc2)NC(=O)[C@@H](NC(=O)COCCOCCOCCNC(=O)CCCCC2SC[C@@H]3NC(=O)N[C@H]23)Cc2cn(nn2)CCCC[C@@H](C(N)=O)NC(=O)[C@@H](CO)NC1=O. The maximum atomic E-state index is 14.7. The van der Waals surface area contributed by atoms with Gasteiger partial charge in [-0.3, -0.25) is 52.8 Å². The number of rotatable bonds is 27. The van der Waals surface area contributed by atoms with E-state index >= 15 is 0 Å². The average molecular weight is 1290 g/mol. The molecule has 3 aliphatic rings. The topological polar surface area (TPSA) is 448 Å². The van der Waals surface area contributed by atoms with Gasteiger partial charge >= 0.3 is 6.03 Å². The number of aryl methyl sites for hydroxylation is 1. The number of aromatic nitrogens is 3. The van der Waals surface area contributed by atoms with Gasteiger partial charge in [-0.15, -0.1) is 5.10 Å². The average Bonchev–Trinajstić information content (AvgIpc) is 2.51. The Hall–Kier alpha value is -8.26. The molecule has 4 heterocycles. The highest BCUT2D eigenvalue weighted by atomic mass is 32.2. The molecule has 0 spiro atoms. The Balaban J connectivity index is 1.11. The van der Waals surface area contributed by atoms with Crippen molar-refractivity contribution >= 4 is 76.8 Å². The number of nitrogens with zero attached hydrogens (tertiary/aromatic N) is 4. The Kier molecular flexibility index (Phi) is 30.3. The molecule has 498 valence electrons. The fourth-order valence-corrected chi connectivity index (χ4v) is 12.0. The van der Waals surface area contributed by atoms with Crippen LogP contribution in [0.25, 0.3) is 0 Å². The molecular formula is C60H88N16O14S. The van der Waals surface area contributed by atoms with Gasteiger partial charge in [0.1, 0.15) is 36.8 Å². The number of carbonyl (C=O) groups is 10. The number of fused-ring (bicyclic) bond motifs is 3. The third kappa shape index (κ3) is 25.5. The van der Waals surface area contributed by atoms with E-state index in [4.69, 9.17) is 31.4 Å². The first-order chi connectivity index (χ1) is 43.8. The summed E-state index contributed by atoms with van der Waals surface area (Å²) in [5.74, 6) is -6.76. The number of nitrogens with one attached hydrogen (secondary N) is 9. The van der Waals surface area contributed by atoms with Gasteiger partial charge in [-0.05, 0) is 69.4 Å². The molecule has 1 unspecified atom stereocenters. The van der Waals surface area contributed by atoms with Crippen molar-refractivity contribution in [3.8, 4) is 0 Å². The zero-order valence-electron chi connectivity index (χ0n) is 51.3. The van der Waals surface area contributed by atoms with Crippen LogP contribution in [0, 0.1) is 5.92 Å². The van der Waals surface area contributed by atoms with Crippen molar-refractivity contribution in [3.05, 3.63) is 83.7 Å². The third-order valence-corrected chi connectivity index (χ3v) is 16.9. The summed E-state index contributed by atoms with van der Waals surface area (Å²) in [7, 11) is 0. The normalized spacial score (nSPS) is 24.0. The van der Waals surface area contributed by atoms with Crippen LogP contribution in [0.2, 0.25) is 0 Å². The lowest BCUT2D eigenvalue weighted by Crippen LogP contribution is -2.57. The highest BCUT2D eigenvalue weighted by Gasteiger charge is 2.43. The Morgan fingerprint density at radius 2 is 1.37 bits per heavy atom. The van der Waals surface area contributed by atoms with Crippen molar-refractivity contribution in [1.29, 1.82) is 0 Å². The van der Waals surface area contributed by atoms with E-state index in [2.05, 4.69) is 63.2 Å². The standard InChI is InChI=1S/C60H88N16O14S/c1-37-54(82)71-46(34-77)58(86)69-43(53(61)81)17-10-11-23-76-33-41(74-75-76)32-45(67-51(80)35-90-28-27-89-26-25-88-24-22-64-50(79)20-9-8-19-49-52-47(36-91-49)72-60(87)73-52)57(85)70-44(30-39-15-6-3-7-16-39)56(84)68-42(18-12-21-65-59(62)63)48(78)31-40(55(83)66-37)29-38-13-4-2-5-14-38/h2-7,13-16,33,37,40,42-47,49,52,77H,8-12,17-32,34-36H2,1H3,(H2,61,81)(H,64,79)(H,66,83)(H,67,80)(H,68,84)(H,69,86)(H,70,85)(H,71,82)(H4,62,63,65)(H2,72,73,87)/t37-,40+,42-,43+,44-,45+,46-,47+,49?,52+/m1/s1. The van der Waals surface area contributed by atoms with E-state index in [1.165, 1.54) is 11.6 Å². The van der Waals surface area contributed by atoms with E-state index < -0.39 is 109 Å². The number of primary amides is 1. The first-order valence-corrected chi connectivity index (χ1v) is 31.8. The molecule has 30 nitrogen and oxygen atoms in total. The lowest BCUT2D eigenvalue weighted by Gasteiger charge is -2.26. The molecule has 3 aromatic rings. The number of amides is 10. The van der Waals surface area contributed by atoms with Crippen molar-refractivity contribution in [2.45, 2.75) is 151 Å². The molecule has 2 bridgehead atoms. The highest BCUT2D eigenvalue weighted by Crippen LogP contribution is 2.33. The summed E-state index contributed by atoms with van der Waals surface area (Å²) in [5, 5.41) is 43.6. The van der Waals surface area contributed by atoms with Crippen molar-refractivity contribution in [1.82, 2.24) is 62.8 Å². The lowest BCUT2D eigenvalue weighted by atomic mass is 9.89. The number of guanidine groups is 1. The van der Waals surface area contributed by atoms with Gasteiger partial charge < -0.3 is 84.4 Å². The monoisotopic (exact) mass is 1290 g/mol. The predicted octanol–water partition coefficient (Wildman–Crippen LogP) is -2.58. The number of benzene rings is 2. The van der Waals surface area contributed by atoms with Crippen molar-refractivity contribution in [3.63, 3.8) is 0 Å². The van der Waals surface area contributed by atoms with E-state index in [0.29, 0.717) is 42.2 Å². The van der Waals surface area contributed by atoms with Gasteiger partial charge in [-0.25, -0.2) is 4.79 Å². The van der Waals surface area contributed by atoms with E-state index in [1.807, 2.05) is 11.8 Å². The van der Waals surface area contributed by atoms with Gasteiger partial charge in [0.2, 0.25) is 47.3 Å². The minimum absolute atomic E-state index is 0.00452. The van der Waals surface area contributed by atoms with Gasteiger partial charge in [-0.2, -0.15) is 11.8 Å². The van der Waals surface area contributed by atoms with Crippen LogP contribution in [0.15, 0.2) is 71.9 Å². The highest BCUT2D eigenvalue weighted by molar-refractivity contribution is 8.00. The second-order valence-electron chi connectivity index (χ2n) is 22.5. The fraction of sp³-hybridized carbons (Fsp3) is 0.583. The van der Waals surface area contributed by atoms with Crippen molar-refractivity contribution in [2.24, 2.45) is 28.1 Å². The van der Waals surface area contributed by atoms with Gasteiger partial charge in [0.15, 0.2) is 11.7 Å². The number of aliphatic imine (C=N–C) groups is 1. The number of nitrogens with two attached hydrogens (primary N) is 3. The summed E-state index contributed by atoms with van der Waals surface area (Å²) >= 11 is 1.85. The number of thioether (sulfide) groups is 1. The summed E-state index contributed by atoms with van der Waals surface area (Å²) in [5.41, 5.74) is 18.4. The molecule has 2 saturated heterocycles. The van der Waals surface area contributed by atoms with Crippen molar-refractivity contribution in [2.75, 3.05) is 65.1 Å². The number of Topliss-reactive ketones (excluding diaryl/α,β-unsaturated/α-hetero) is 1. The number of hydrogen-bond acceptors (Lipinski definition) is 18. The van der Waals surface area contributed by atoms with Crippen molar-refractivity contribution < 1.29 is 67.3 Å². The molecule has 91 heavy (non-hydrogen) atoms. The van der Waals surface area contributed by atoms with Gasteiger partial charge in [-0.1, -0.05) is 72.3 Å². The van der Waals surface area contributed by atoms with Gasteiger partial charge in [0.05, 0.1) is 63.5 Å². The predicted molar refractivity (Wildman–Crippen MR) is 334 cm³/mol. The second kappa shape index (κ2) is 38.4. The van der Waals surface area contributed by atoms with E-state index in [1.54, 1.807) is 66.9 Å². The minimum atomic E-state index is -1.55. The first-order valence-electron chi connectivity index (χ1n) is 30.8. The molecule has 10 atom stereocenters. The minimum Gasteiger partial charge on any atom is -0.394 e. The Morgan fingerprint density at radius 3 is 2.08 bits per heavy atom. The fourth-order valence-electron chi connectivity index (χ4n) is 10.5. The van der Waals surface area contributed by atoms with Crippen LogP contribution in [0.4, 0.5) is 4.79 Å². The summed E-state index contributed by atoms with van der Waals surface area (Å²) < 4.78 is 18.3. The molecule has 2 aromatic carbocycles. The van der Waals surface area contributed by atoms with Crippen LogP contribution in [-0.2, 0) is 83.2 Å². The molecule has 0 aliphatic carbocycles. The van der Waals surface area contributed by atoms with Gasteiger partial charge in [0, 0.05) is 68.4 Å². The van der Waals surface area contributed by atoms with Crippen LogP contribution < -0.4 is 65.1 Å². The Bertz CT molecular complexity index is 2910. The molecule has 0 radical (unpaired) electrons. The maximum absolute atomic E-state index is 14.7. The largest absolute Gasteiger partial charge is 0.394 e. The first kappa shape index (κ1) is 71.8. The second-order valence-corrected chi connectivity index (χ2v) is 23.8. The molecule has 3 aliphatic heterocycles. The van der Waals surface area contributed by atoms with E-state index in [-0.39, 0.29) is 120 Å². The Morgan fingerprint density at radius 1 is 0.703 bits per heavy atom. The molecule has 2 fully saturated rings. The van der Waals surface area contributed by atoms with E-state index in [9.17, 15) is 53.1 Å². The number of ether oxygens (including phenoxy) is 3. The number of carbonyl (C=O) groups excluding carboxylic acids is 10. The molecule has 10 amide bonds. The molecular weight excluding hydrogens is 1200 g/mol. The zero-order chi connectivity index (χ0) is 65.5. The summed E-state index contributed by atoms with van der Waals surface area (Å²) in [6, 6.07) is 9.64. The van der Waals surface area contributed by atoms with Crippen LogP contribution in [0.5, 0.6) is 0 Å².